The molecular formula is C13H8ClF3N2O. The standard InChI is InChI=1S/C13H8ClF3N2O/c14-13-8(5-20)12(6-1-2-6)18-19(13)7-3-9(15)11(17)10(16)4-7/h3-6H,1-2H2. The molecule has 0 saturated heterocycles. The van der Waals surface area contributed by atoms with Crippen molar-refractivity contribution in [1.29, 1.82) is 0 Å². The van der Waals surface area contributed by atoms with E-state index < -0.39 is 17.5 Å². The highest BCUT2D eigenvalue weighted by Crippen LogP contribution is 2.42. The van der Waals surface area contributed by atoms with Crippen molar-refractivity contribution in [1.82, 2.24) is 9.78 Å². The molecule has 104 valence electrons. The van der Waals surface area contributed by atoms with Crippen LogP contribution in [0.15, 0.2) is 12.1 Å². The van der Waals surface area contributed by atoms with E-state index >= 15 is 0 Å². The first-order chi connectivity index (χ1) is 9.52. The molecule has 1 aromatic carbocycles. The summed E-state index contributed by atoms with van der Waals surface area (Å²) in [7, 11) is 0. The van der Waals surface area contributed by atoms with Gasteiger partial charge >= 0.3 is 0 Å². The predicted octanol–water partition coefficient (Wildman–Crippen LogP) is 3.63. The summed E-state index contributed by atoms with van der Waals surface area (Å²) in [5.41, 5.74) is 0.649. The molecule has 1 heterocycles. The molecule has 0 spiro atoms. The Bertz CT molecular complexity index is 687. The largest absolute Gasteiger partial charge is 0.298 e. The molecule has 1 saturated carbocycles. The summed E-state index contributed by atoms with van der Waals surface area (Å²) in [4.78, 5) is 11.1. The molecule has 20 heavy (non-hydrogen) atoms. The number of aldehydes is 1. The normalized spacial score (nSPS) is 14.6. The third-order valence-electron chi connectivity index (χ3n) is 3.19. The summed E-state index contributed by atoms with van der Waals surface area (Å²) < 4.78 is 40.5. The van der Waals surface area contributed by atoms with Gasteiger partial charge in [0.05, 0.1) is 16.9 Å². The van der Waals surface area contributed by atoms with Crippen LogP contribution in [0.5, 0.6) is 0 Å². The van der Waals surface area contributed by atoms with E-state index in [4.69, 9.17) is 11.6 Å². The van der Waals surface area contributed by atoms with Crippen LogP contribution in [0.1, 0.15) is 34.8 Å². The number of halogens is 4. The van der Waals surface area contributed by atoms with Gasteiger partial charge in [-0.2, -0.15) is 5.10 Å². The Morgan fingerprint density at radius 1 is 1.25 bits per heavy atom. The van der Waals surface area contributed by atoms with E-state index in [2.05, 4.69) is 5.10 Å². The molecule has 1 aliphatic carbocycles. The number of aromatic nitrogens is 2. The highest BCUT2D eigenvalue weighted by molar-refractivity contribution is 6.32. The molecule has 0 aliphatic heterocycles. The van der Waals surface area contributed by atoms with Crippen molar-refractivity contribution >= 4 is 17.9 Å². The fraction of sp³-hybridized carbons (Fsp3) is 0.231. The lowest BCUT2D eigenvalue weighted by molar-refractivity contribution is 0.112. The third kappa shape index (κ3) is 2.00. The monoisotopic (exact) mass is 300 g/mol. The highest BCUT2D eigenvalue weighted by atomic mass is 35.5. The Balaban J connectivity index is 2.17. The Hall–Kier alpha value is -1.82. The van der Waals surface area contributed by atoms with E-state index in [1.54, 1.807) is 0 Å². The number of rotatable bonds is 3. The van der Waals surface area contributed by atoms with Crippen molar-refractivity contribution in [3.05, 3.63) is 46.0 Å². The first kappa shape index (κ1) is 13.2. The lowest BCUT2D eigenvalue weighted by Gasteiger charge is -2.04. The van der Waals surface area contributed by atoms with Crippen LogP contribution in [0.2, 0.25) is 5.15 Å². The molecule has 3 nitrogen and oxygen atoms in total. The maximum Gasteiger partial charge on any atom is 0.194 e. The summed E-state index contributed by atoms with van der Waals surface area (Å²) >= 11 is 6.01. The second kappa shape index (κ2) is 4.63. The van der Waals surface area contributed by atoms with Crippen LogP contribution in [0, 0.1) is 17.5 Å². The molecule has 0 N–H and O–H groups in total. The van der Waals surface area contributed by atoms with Gasteiger partial charge in [-0.25, -0.2) is 17.9 Å². The van der Waals surface area contributed by atoms with Gasteiger partial charge in [-0.05, 0) is 12.8 Å². The Morgan fingerprint density at radius 3 is 2.35 bits per heavy atom. The smallest absolute Gasteiger partial charge is 0.194 e. The van der Waals surface area contributed by atoms with Gasteiger partial charge in [0.2, 0.25) is 0 Å². The molecule has 1 aromatic heterocycles. The van der Waals surface area contributed by atoms with E-state index in [-0.39, 0.29) is 22.3 Å². The highest BCUT2D eigenvalue weighted by Gasteiger charge is 2.31. The molecule has 0 radical (unpaired) electrons. The van der Waals surface area contributed by atoms with Crippen LogP contribution in [-0.4, -0.2) is 16.1 Å². The molecule has 0 unspecified atom stereocenters. The summed E-state index contributed by atoms with van der Waals surface area (Å²) in [6, 6.07) is 1.56. The molecule has 0 bridgehead atoms. The predicted molar refractivity (Wildman–Crippen MR) is 65.8 cm³/mol. The van der Waals surface area contributed by atoms with E-state index in [1.807, 2.05) is 0 Å². The first-order valence-corrected chi connectivity index (χ1v) is 6.29. The van der Waals surface area contributed by atoms with Gasteiger partial charge in [0.1, 0.15) is 5.15 Å². The van der Waals surface area contributed by atoms with Crippen LogP contribution in [-0.2, 0) is 0 Å². The van der Waals surface area contributed by atoms with Gasteiger partial charge in [-0.1, -0.05) is 11.6 Å². The molecule has 0 atom stereocenters. The van der Waals surface area contributed by atoms with Crippen LogP contribution in [0.4, 0.5) is 13.2 Å². The minimum atomic E-state index is -1.56. The van der Waals surface area contributed by atoms with Crippen molar-refractivity contribution in [2.24, 2.45) is 0 Å². The van der Waals surface area contributed by atoms with Gasteiger partial charge < -0.3 is 0 Å². The Kier molecular flexibility index (Phi) is 3.05. The molecule has 3 rings (SSSR count). The lowest BCUT2D eigenvalue weighted by Crippen LogP contribution is -2.01. The number of carbonyl (C=O) groups is 1. The van der Waals surface area contributed by atoms with Crippen LogP contribution in [0.25, 0.3) is 5.69 Å². The van der Waals surface area contributed by atoms with Crippen LogP contribution >= 0.6 is 11.6 Å². The van der Waals surface area contributed by atoms with Crippen molar-refractivity contribution in [3.8, 4) is 5.69 Å². The maximum atomic E-state index is 13.2. The number of carbonyl (C=O) groups excluding carboxylic acids is 1. The number of hydrogen-bond donors (Lipinski definition) is 0. The Morgan fingerprint density at radius 2 is 1.85 bits per heavy atom. The maximum absolute atomic E-state index is 13.2. The van der Waals surface area contributed by atoms with Crippen molar-refractivity contribution in [3.63, 3.8) is 0 Å². The lowest BCUT2D eigenvalue weighted by atomic mass is 10.2. The number of hydrogen-bond acceptors (Lipinski definition) is 2. The summed E-state index contributed by atoms with van der Waals surface area (Å²) in [5.74, 6) is -4.10. The zero-order valence-corrected chi connectivity index (χ0v) is 10.8. The zero-order chi connectivity index (χ0) is 14.4. The Labute approximate surface area is 117 Å². The van der Waals surface area contributed by atoms with E-state index in [0.717, 1.165) is 29.7 Å². The van der Waals surface area contributed by atoms with Crippen LogP contribution in [0.3, 0.4) is 0 Å². The molecule has 1 aliphatic rings. The average Bonchev–Trinajstić information content (AvgIpc) is 3.19. The third-order valence-corrected chi connectivity index (χ3v) is 3.55. The SMILES string of the molecule is O=Cc1c(C2CC2)nn(-c2cc(F)c(F)c(F)c2)c1Cl. The zero-order valence-electron chi connectivity index (χ0n) is 10.0. The van der Waals surface area contributed by atoms with Crippen molar-refractivity contribution in [2.75, 3.05) is 0 Å². The second-order valence-corrected chi connectivity index (χ2v) is 4.98. The molecular weight excluding hydrogens is 293 g/mol. The summed E-state index contributed by atoms with van der Waals surface area (Å²) in [5, 5.41) is 4.09. The van der Waals surface area contributed by atoms with E-state index in [9.17, 15) is 18.0 Å². The van der Waals surface area contributed by atoms with Gasteiger partial charge in [0.25, 0.3) is 0 Å². The average molecular weight is 301 g/mol. The number of nitrogens with zero attached hydrogens (tertiary/aromatic N) is 2. The summed E-state index contributed by atoms with van der Waals surface area (Å²) in [6.07, 6.45) is 2.34. The fourth-order valence-electron chi connectivity index (χ4n) is 2.03. The fourth-order valence-corrected chi connectivity index (χ4v) is 2.30. The topological polar surface area (TPSA) is 34.9 Å². The van der Waals surface area contributed by atoms with Gasteiger partial charge in [-0.3, -0.25) is 4.79 Å². The molecule has 7 heteroatoms. The number of benzene rings is 1. The van der Waals surface area contributed by atoms with E-state index in [1.165, 1.54) is 0 Å². The molecule has 0 amide bonds. The van der Waals surface area contributed by atoms with Gasteiger partial charge in [-0.15, -0.1) is 0 Å². The quantitative estimate of drug-likeness (QED) is 0.641. The molecule has 1 fully saturated rings. The first-order valence-electron chi connectivity index (χ1n) is 5.91. The van der Waals surface area contributed by atoms with Gasteiger partial charge in [0, 0.05) is 18.1 Å². The second-order valence-electron chi connectivity index (χ2n) is 4.62. The minimum Gasteiger partial charge on any atom is -0.298 e. The van der Waals surface area contributed by atoms with E-state index in [0.29, 0.717) is 12.0 Å². The van der Waals surface area contributed by atoms with Crippen LogP contribution < -0.4 is 0 Å². The van der Waals surface area contributed by atoms with Gasteiger partial charge in [0.15, 0.2) is 23.7 Å². The summed E-state index contributed by atoms with van der Waals surface area (Å²) in [6.45, 7) is 0. The van der Waals surface area contributed by atoms with Crippen molar-refractivity contribution < 1.29 is 18.0 Å². The molecule has 2 aromatic rings. The minimum absolute atomic E-state index is 0.0349. The van der Waals surface area contributed by atoms with Crippen molar-refractivity contribution in [2.45, 2.75) is 18.8 Å².